The zero-order chi connectivity index (χ0) is 21.4. The molecule has 3 aromatic rings. The van der Waals surface area contributed by atoms with Crippen LogP contribution in [0.1, 0.15) is 27.0 Å². The minimum Gasteiger partial charge on any atom is -0.422 e. The maximum Gasteiger partial charge on any atom is 0.336 e. The second-order valence-corrected chi connectivity index (χ2v) is 8.51. The lowest BCUT2D eigenvalue weighted by Crippen LogP contribution is -2.48. The molecule has 0 aliphatic carbocycles. The van der Waals surface area contributed by atoms with Crippen LogP contribution in [-0.4, -0.2) is 41.9 Å². The zero-order valence-electron chi connectivity index (χ0n) is 16.9. The average Bonchev–Trinajstić information content (AvgIpc) is 2.71. The van der Waals surface area contributed by atoms with Crippen LogP contribution in [0.5, 0.6) is 0 Å². The van der Waals surface area contributed by atoms with Gasteiger partial charge in [-0.15, -0.1) is 0 Å². The third-order valence-electron chi connectivity index (χ3n) is 5.73. The van der Waals surface area contributed by atoms with E-state index in [1.807, 2.05) is 26.0 Å². The number of halogens is 2. The Morgan fingerprint density at radius 2 is 1.77 bits per heavy atom. The van der Waals surface area contributed by atoms with Gasteiger partial charge in [0.25, 0.3) is 5.91 Å². The van der Waals surface area contributed by atoms with E-state index in [1.54, 1.807) is 29.2 Å². The predicted molar refractivity (Wildman–Crippen MR) is 120 cm³/mol. The summed E-state index contributed by atoms with van der Waals surface area (Å²) in [6.07, 6.45) is 0. The molecule has 0 spiro atoms. The topological polar surface area (TPSA) is 53.8 Å². The fourth-order valence-electron chi connectivity index (χ4n) is 3.84. The molecule has 7 heteroatoms. The van der Waals surface area contributed by atoms with Gasteiger partial charge in [-0.3, -0.25) is 9.69 Å². The molecule has 0 radical (unpaired) electrons. The first kappa shape index (κ1) is 20.9. The van der Waals surface area contributed by atoms with Gasteiger partial charge in [-0.05, 0) is 48.7 Å². The maximum atomic E-state index is 12.8. The second kappa shape index (κ2) is 8.42. The van der Waals surface area contributed by atoms with Crippen molar-refractivity contribution in [2.24, 2.45) is 0 Å². The fraction of sp³-hybridized carbons (Fsp3) is 0.304. The molecule has 1 saturated heterocycles. The molecule has 0 saturated carbocycles. The first-order valence-corrected chi connectivity index (χ1v) is 10.6. The lowest BCUT2D eigenvalue weighted by atomic mass is 10.0. The largest absolute Gasteiger partial charge is 0.422 e. The number of carbonyl (C=O) groups excluding carboxylic acids is 1. The Hall–Kier alpha value is -2.34. The lowest BCUT2D eigenvalue weighted by Gasteiger charge is -2.35. The molecule has 1 aliphatic heterocycles. The number of nitrogens with zero attached hydrogens (tertiary/aromatic N) is 2. The summed E-state index contributed by atoms with van der Waals surface area (Å²) in [4.78, 5) is 29.0. The van der Waals surface area contributed by atoms with Gasteiger partial charge in [0.15, 0.2) is 0 Å². The standard InChI is InChI=1S/C23H22Cl2N2O3/c1-14-3-5-18-16(11-21(28)30-22(18)15(14)2)13-26-7-9-27(10-8-26)23(29)19-6-4-17(24)12-20(19)25/h3-6,11-12H,7-10,13H2,1-2H3. The summed E-state index contributed by atoms with van der Waals surface area (Å²) in [5.74, 6) is -0.0896. The van der Waals surface area contributed by atoms with Crippen molar-refractivity contribution in [1.29, 1.82) is 0 Å². The Bertz CT molecular complexity index is 1180. The molecule has 1 fully saturated rings. The smallest absolute Gasteiger partial charge is 0.336 e. The van der Waals surface area contributed by atoms with E-state index in [4.69, 9.17) is 27.6 Å². The van der Waals surface area contributed by atoms with E-state index in [1.165, 1.54) is 0 Å². The van der Waals surface area contributed by atoms with Gasteiger partial charge in [-0.25, -0.2) is 4.79 Å². The summed E-state index contributed by atoms with van der Waals surface area (Å²) in [6.45, 7) is 7.22. The number of aryl methyl sites for hydroxylation is 2. The van der Waals surface area contributed by atoms with Gasteiger partial charge in [0.05, 0.1) is 10.6 Å². The Morgan fingerprint density at radius 3 is 2.47 bits per heavy atom. The van der Waals surface area contributed by atoms with Crippen LogP contribution in [0.25, 0.3) is 11.0 Å². The van der Waals surface area contributed by atoms with Crippen molar-refractivity contribution < 1.29 is 9.21 Å². The number of benzene rings is 2. The molecular formula is C23H22Cl2N2O3. The van der Waals surface area contributed by atoms with Gasteiger partial charge < -0.3 is 9.32 Å². The quantitative estimate of drug-likeness (QED) is 0.550. The SMILES string of the molecule is Cc1ccc2c(CN3CCN(C(=O)c4ccc(Cl)cc4Cl)CC3)cc(=O)oc2c1C. The number of rotatable bonds is 3. The number of hydrogen-bond donors (Lipinski definition) is 0. The number of amides is 1. The zero-order valence-corrected chi connectivity index (χ0v) is 18.4. The minimum atomic E-state index is -0.336. The van der Waals surface area contributed by atoms with Crippen molar-refractivity contribution >= 4 is 40.1 Å². The summed E-state index contributed by atoms with van der Waals surface area (Å²) >= 11 is 12.1. The van der Waals surface area contributed by atoms with Crippen LogP contribution in [0.4, 0.5) is 0 Å². The number of hydrogen-bond acceptors (Lipinski definition) is 4. The second-order valence-electron chi connectivity index (χ2n) is 7.67. The van der Waals surface area contributed by atoms with E-state index in [9.17, 15) is 9.59 Å². The highest BCUT2D eigenvalue weighted by molar-refractivity contribution is 6.36. The van der Waals surface area contributed by atoms with Crippen LogP contribution in [0.3, 0.4) is 0 Å². The molecule has 0 atom stereocenters. The summed E-state index contributed by atoms with van der Waals surface area (Å²) in [5.41, 5.74) is 3.82. The molecule has 1 aromatic heterocycles. The number of piperazine rings is 1. The summed E-state index contributed by atoms with van der Waals surface area (Å²) < 4.78 is 5.47. The Morgan fingerprint density at radius 1 is 1.03 bits per heavy atom. The van der Waals surface area contributed by atoms with Crippen molar-refractivity contribution in [2.45, 2.75) is 20.4 Å². The molecule has 1 amide bonds. The van der Waals surface area contributed by atoms with E-state index in [2.05, 4.69) is 4.90 Å². The minimum absolute atomic E-state index is 0.0896. The molecule has 156 valence electrons. The van der Waals surface area contributed by atoms with Crippen LogP contribution in [0.2, 0.25) is 10.0 Å². The Balaban J connectivity index is 1.48. The van der Waals surface area contributed by atoms with E-state index >= 15 is 0 Å². The number of carbonyl (C=O) groups is 1. The molecule has 0 bridgehead atoms. The lowest BCUT2D eigenvalue weighted by molar-refractivity contribution is 0.0629. The van der Waals surface area contributed by atoms with Gasteiger partial charge in [-0.1, -0.05) is 35.3 Å². The van der Waals surface area contributed by atoms with Gasteiger partial charge in [-0.2, -0.15) is 0 Å². The highest BCUT2D eigenvalue weighted by atomic mass is 35.5. The van der Waals surface area contributed by atoms with Gasteiger partial charge >= 0.3 is 5.63 Å². The summed E-state index contributed by atoms with van der Waals surface area (Å²) in [6, 6.07) is 10.6. The van der Waals surface area contributed by atoms with Gasteiger partial charge in [0, 0.05) is 49.2 Å². The fourth-order valence-corrected chi connectivity index (χ4v) is 4.33. The average molecular weight is 445 g/mol. The molecule has 2 aromatic carbocycles. The van der Waals surface area contributed by atoms with E-state index in [-0.39, 0.29) is 11.5 Å². The molecule has 0 unspecified atom stereocenters. The molecule has 1 aliphatic rings. The Kier molecular flexibility index (Phi) is 5.87. The van der Waals surface area contributed by atoms with Gasteiger partial charge in [0.2, 0.25) is 0 Å². The highest BCUT2D eigenvalue weighted by Crippen LogP contribution is 2.25. The molecule has 30 heavy (non-hydrogen) atoms. The normalized spacial score (nSPS) is 15.0. The summed E-state index contributed by atoms with van der Waals surface area (Å²) in [5, 5.41) is 1.83. The van der Waals surface area contributed by atoms with Crippen molar-refractivity contribution in [1.82, 2.24) is 9.80 Å². The third-order valence-corrected chi connectivity index (χ3v) is 6.28. The van der Waals surface area contributed by atoms with Crippen LogP contribution in [0, 0.1) is 13.8 Å². The molecule has 5 nitrogen and oxygen atoms in total. The van der Waals surface area contributed by atoms with E-state index < -0.39 is 0 Å². The Labute approximate surface area is 184 Å². The monoisotopic (exact) mass is 444 g/mol. The maximum absolute atomic E-state index is 12.8. The van der Waals surface area contributed by atoms with Crippen LogP contribution in [-0.2, 0) is 6.54 Å². The van der Waals surface area contributed by atoms with E-state index in [0.717, 1.165) is 22.1 Å². The van der Waals surface area contributed by atoms with Crippen molar-refractivity contribution in [3.8, 4) is 0 Å². The molecule has 4 rings (SSSR count). The molecule has 0 N–H and O–H groups in total. The molecule has 2 heterocycles. The molecular weight excluding hydrogens is 423 g/mol. The first-order valence-electron chi connectivity index (χ1n) is 9.83. The van der Waals surface area contributed by atoms with Gasteiger partial charge in [0.1, 0.15) is 5.58 Å². The predicted octanol–water partition coefficient (Wildman–Crippen LogP) is 4.67. The number of fused-ring (bicyclic) bond motifs is 1. The van der Waals surface area contributed by atoms with Crippen molar-refractivity contribution in [3.05, 3.63) is 79.1 Å². The van der Waals surface area contributed by atoms with Crippen molar-refractivity contribution in [3.63, 3.8) is 0 Å². The van der Waals surface area contributed by atoms with Crippen molar-refractivity contribution in [2.75, 3.05) is 26.2 Å². The third kappa shape index (κ3) is 4.10. The van der Waals surface area contributed by atoms with Crippen LogP contribution >= 0.6 is 23.2 Å². The first-order chi connectivity index (χ1) is 14.3. The van der Waals surface area contributed by atoms with E-state index in [0.29, 0.717) is 53.9 Å². The summed E-state index contributed by atoms with van der Waals surface area (Å²) in [7, 11) is 0. The highest BCUT2D eigenvalue weighted by Gasteiger charge is 2.24. The van der Waals surface area contributed by atoms with Crippen LogP contribution in [0.15, 0.2) is 45.6 Å². The van der Waals surface area contributed by atoms with Crippen LogP contribution < -0.4 is 5.63 Å².